The first-order chi connectivity index (χ1) is 17.8. The first-order valence-electron chi connectivity index (χ1n) is 12.7. The molecule has 0 unspecified atom stereocenters. The molecule has 184 valence electrons. The molecule has 0 saturated carbocycles. The molecule has 3 aromatic heterocycles. The second kappa shape index (κ2) is 11.9. The summed E-state index contributed by atoms with van der Waals surface area (Å²) in [5, 5.41) is 23.9. The zero-order valence-corrected chi connectivity index (χ0v) is 21.4. The van der Waals surface area contributed by atoms with Gasteiger partial charge in [-0.25, -0.2) is 9.67 Å². The van der Waals surface area contributed by atoms with Crippen molar-refractivity contribution < 1.29 is 0 Å². The summed E-state index contributed by atoms with van der Waals surface area (Å²) in [6.45, 7) is 2.96. The van der Waals surface area contributed by atoms with Gasteiger partial charge in [0.15, 0.2) is 5.82 Å². The van der Waals surface area contributed by atoms with Crippen LogP contribution in [0, 0.1) is 0 Å². The van der Waals surface area contributed by atoms with Crippen molar-refractivity contribution in [1.29, 1.82) is 0 Å². The minimum atomic E-state index is 0.598. The molecule has 0 spiro atoms. The highest BCUT2D eigenvalue weighted by Crippen LogP contribution is 2.29. The Morgan fingerprint density at radius 1 is 0.861 bits per heavy atom. The zero-order valence-electron chi connectivity index (χ0n) is 20.6. The first kappa shape index (κ1) is 24.1. The van der Waals surface area contributed by atoms with Gasteiger partial charge in [-0.3, -0.25) is 0 Å². The minimum Gasteiger partial charge on any atom is -0.245 e. The summed E-state index contributed by atoms with van der Waals surface area (Å²) in [5.41, 5.74) is 5.78. The Morgan fingerprint density at radius 2 is 1.72 bits per heavy atom. The van der Waals surface area contributed by atoms with Gasteiger partial charge >= 0.3 is 0 Å². The van der Waals surface area contributed by atoms with Crippen LogP contribution < -0.4 is 0 Å². The van der Waals surface area contributed by atoms with Crippen molar-refractivity contribution in [3.05, 3.63) is 88.1 Å². The van der Waals surface area contributed by atoms with Crippen LogP contribution in [0.4, 0.5) is 0 Å². The van der Waals surface area contributed by atoms with Gasteiger partial charge in [0.2, 0.25) is 5.82 Å². The Kier molecular flexibility index (Phi) is 7.93. The number of hydrogen-bond acceptors (Lipinski definition) is 6. The summed E-state index contributed by atoms with van der Waals surface area (Å²) >= 11 is 1.76. The lowest BCUT2D eigenvalue weighted by Gasteiger charge is -2.09. The summed E-state index contributed by atoms with van der Waals surface area (Å²) in [6, 6.07) is 19.0. The summed E-state index contributed by atoms with van der Waals surface area (Å²) in [7, 11) is 0. The maximum Gasteiger partial charge on any atom is 0.205 e. The third-order valence-electron chi connectivity index (χ3n) is 6.35. The minimum absolute atomic E-state index is 0.598. The van der Waals surface area contributed by atoms with Gasteiger partial charge < -0.3 is 0 Å². The number of H-pyrrole nitrogens is 1. The number of nitrogens with one attached hydrogen (secondary N) is 1. The summed E-state index contributed by atoms with van der Waals surface area (Å²) in [6.07, 6.45) is 7.61. The predicted octanol–water partition coefficient (Wildman–Crippen LogP) is 6.14. The molecule has 0 saturated heterocycles. The maximum atomic E-state index is 4.93. The highest BCUT2D eigenvalue weighted by Gasteiger charge is 2.13. The van der Waals surface area contributed by atoms with E-state index in [0.717, 1.165) is 67.0 Å². The SMILES string of the molecule is CCCCCc1nc(CCCc2ccsc2)nn1Cc1ccc(-c2ccccc2-c2nn[nH]n2)cc1. The molecule has 36 heavy (non-hydrogen) atoms. The third-order valence-corrected chi connectivity index (χ3v) is 7.08. The predicted molar refractivity (Wildman–Crippen MR) is 144 cm³/mol. The molecule has 0 bridgehead atoms. The van der Waals surface area contributed by atoms with E-state index in [1.807, 2.05) is 18.2 Å². The quantitative estimate of drug-likeness (QED) is 0.209. The van der Waals surface area contributed by atoms with Crippen molar-refractivity contribution in [1.82, 2.24) is 35.4 Å². The van der Waals surface area contributed by atoms with Crippen molar-refractivity contribution in [3.8, 4) is 22.5 Å². The van der Waals surface area contributed by atoms with E-state index in [9.17, 15) is 0 Å². The van der Waals surface area contributed by atoms with Crippen LogP contribution in [-0.2, 0) is 25.8 Å². The lowest BCUT2D eigenvalue weighted by molar-refractivity contribution is 0.603. The van der Waals surface area contributed by atoms with Gasteiger partial charge in [0.05, 0.1) is 6.54 Å². The number of benzene rings is 2. The number of tetrazole rings is 1. The Labute approximate surface area is 215 Å². The van der Waals surface area contributed by atoms with E-state index < -0.39 is 0 Å². The van der Waals surface area contributed by atoms with Crippen molar-refractivity contribution >= 4 is 11.3 Å². The van der Waals surface area contributed by atoms with E-state index in [1.165, 1.54) is 24.0 Å². The number of rotatable bonds is 12. The highest BCUT2D eigenvalue weighted by molar-refractivity contribution is 7.07. The molecule has 0 atom stereocenters. The van der Waals surface area contributed by atoms with E-state index in [2.05, 4.69) is 79.4 Å². The molecule has 0 amide bonds. The van der Waals surface area contributed by atoms with Gasteiger partial charge in [-0.15, -0.1) is 10.2 Å². The van der Waals surface area contributed by atoms with E-state index in [0.29, 0.717) is 5.82 Å². The fourth-order valence-electron chi connectivity index (χ4n) is 4.43. The van der Waals surface area contributed by atoms with Gasteiger partial charge in [0, 0.05) is 18.4 Å². The Hall–Kier alpha value is -3.65. The average molecular weight is 498 g/mol. The standard InChI is InChI=1S/C28H31N7S/c1-2-3-4-12-27-29-26(11-7-8-22-17-18-36-20-22)32-35(27)19-21-13-15-23(16-14-21)24-9-5-6-10-25(24)28-30-33-34-31-28/h5-6,9-10,13-18,20H,2-4,7-8,11-12,19H2,1H3,(H,30,31,33,34). The van der Waals surface area contributed by atoms with E-state index in [1.54, 1.807) is 11.3 Å². The van der Waals surface area contributed by atoms with Crippen LogP contribution in [0.2, 0.25) is 0 Å². The molecular weight excluding hydrogens is 466 g/mol. The first-order valence-corrected chi connectivity index (χ1v) is 13.6. The number of aromatic nitrogens is 7. The second-order valence-electron chi connectivity index (χ2n) is 9.02. The molecule has 1 N–H and O–H groups in total. The monoisotopic (exact) mass is 497 g/mol. The average Bonchev–Trinajstić information content (AvgIpc) is 3.69. The fraction of sp³-hybridized carbons (Fsp3) is 0.321. The van der Waals surface area contributed by atoms with Crippen LogP contribution in [0.1, 0.15) is 55.4 Å². The number of aryl methyl sites for hydroxylation is 3. The topological polar surface area (TPSA) is 85.2 Å². The second-order valence-corrected chi connectivity index (χ2v) is 9.80. The molecule has 0 fully saturated rings. The molecular formula is C28H31N7S. The zero-order chi connectivity index (χ0) is 24.6. The molecule has 5 rings (SSSR count). The largest absolute Gasteiger partial charge is 0.245 e. The van der Waals surface area contributed by atoms with Gasteiger partial charge in [-0.2, -0.15) is 21.6 Å². The normalized spacial score (nSPS) is 11.2. The fourth-order valence-corrected chi connectivity index (χ4v) is 5.13. The Morgan fingerprint density at radius 3 is 2.47 bits per heavy atom. The van der Waals surface area contributed by atoms with E-state index in [4.69, 9.17) is 10.1 Å². The van der Waals surface area contributed by atoms with Crippen molar-refractivity contribution in [2.75, 3.05) is 0 Å². The highest BCUT2D eigenvalue weighted by atomic mass is 32.1. The Bertz CT molecular complexity index is 1340. The molecule has 8 heteroatoms. The van der Waals surface area contributed by atoms with Crippen LogP contribution in [0.5, 0.6) is 0 Å². The molecule has 0 aliphatic heterocycles. The van der Waals surface area contributed by atoms with Crippen molar-refractivity contribution in [3.63, 3.8) is 0 Å². The number of unbranched alkanes of at least 4 members (excludes halogenated alkanes) is 2. The summed E-state index contributed by atoms with van der Waals surface area (Å²) in [4.78, 5) is 4.93. The van der Waals surface area contributed by atoms with Crippen LogP contribution in [-0.4, -0.2) is 35.4 Å². The van der Waals surface area contributed by atoms with Gasteiger partial charge in [0.25, 0.3) is 0 Å². The molecule has 2 aromatic carbocycles. The summed E-state index contributed by atoms with van der Waals surface area (Å²) < 4.78 is 2.11. The molecule has 0 aliphatic carbocycles. The van der Waals surface area contributed by atoms with Crippen molar-refractivity contribution in [2.24, 2.45) is 0 Å². The number of thiophene rings is 1. The summed E-state index contributed by atoms with van der Waals surface area (Å²) in [5.74, 6) is 2.66. The van der Waals surface area contributed by atoms with E-state index in [-0.39, 0.29) is 0 Å². The smallest absolute Gasteiger partial charge is 0.205 e. The number of nitrogens with zero attached hydrogens (tertiary/aromatic N) is 6. The molecule has 3 heterocycles. The lowest BCUT2D eigenvalue weighted by atomic mass is 9.98. The molecule has 7 nitrogen and oxygen atoms in total. The third kappa shape index (κ3) is 5.94. The lowest BCUT2D eigenvalue weighted by Crippen LogP contribution is -2.07. The van der Waals surface area contributed by atoms with E-state index >= 15 is 0 Å². The van der Waals surface area contributed by atoms with Gasteiger partial charge in [-0.05, 0) is 63.6 Å². The van der Waals surface area contributed by atoms with Crippen LogP contribution in [0.3, 0.4) is 0 Å². The molecule has 0 radical (unpaired) electrons. The molecule has 5 aromatic rings. The van der Waals surface area contributed by atoms with Gasteiger partial charge in [-0.1, -0.05) is 68.3 Å². The van der Waals surface area contributed by atoms with Crippen LogP contribution in [0.15, 0.2) is 65.4 Å². The Balaban J connectivity index is 1.31. The molecule has 0 aliphatic rings. The maximum absolute atomic E-state index is 4.93. The van der Waals surface area contributed by atoms with Crippen LogP contribution >= 0.6 is 11.3 Å². The number of hydrogen-bond donors (Lipinski definition) is 1. The van der Waals surface area contributed by atoms with Crippen LogP contribution in [0.25, 0.3) is 22.5 Å². The van der Waals surface area contributed by atoms with Crippen molar-refractivity contribution in [2.45, 2.75) is 58.4 Å². The van der Waals surface area contributed by atoms with Gasteiger partial charge in [0.1, 0.15) is 5.82 Å². The number of aromatic amines is 1.